The number of amides is 2. The van der Waals surface area contributed by atoms with Gasteiger partial charge in [-0.2, -0.15) is 0 Å². The quantitative estimate of drug-likeness (QED) is 0.148. The fourth-order valence-electron chi connectivity index (χ4n) is 2.66. The van der Waals surface area contributed by atoms with Crippen molar-refractivity contribution in [3.05, 3.63) is 48.0 Å². The van der Waals surface area contributed by atoms with E-state index in [0.29, 0.717) is 24.1 Å². The maximum atomic E-state index is 12.2. The van der Waals surface area contributed by atoms with Crippen molar-refractivity contribution >= 4 is 29.5 Å². The van der Waals surface area contributed by atoms with E-state index in [9.17, 15) is 19.5 Å². The highest BCUT2D eigenvalue weighted by molar-refractivity contribution is 6.02. The number of benzene rings is 1. The molecule has 2 amide bonds. The monoisotopic (exact) mass is 431 g/mol. The van der Waals surface area contributed by atoms with Gasteiger partial charge in [-0.1, -0.05) is 35.5 Å². The van der Waals surface area contributed by atoms with Crippen molar-refractivity contribution in [3.63, 3.8) is 0 Å². The summed E-state index contributed by atoms with van der Waals surface area (Å²) in [5.41, 5.74) is 7.46. The zero-order valence-corrected chi connectivity index (χ0v) is 16.8. The fourth-order valence-corrected chi connectivity index (χ4v) is 2.66. The van der Waals surface area contributed by atoms with Crippen molar-refractivity contribution in [1.29, 1.82) is 5.41 Å². The summed E-state index contributed by atoms with van der Waals surface area (Å²) < 4.78 is 4.80. The van der Waals surface area contributed by atoms with Crippen LogP contribution >= 0.6 is 0 Å². The summed E-state index contributed by atoms with van der Waals surface area (Å²) in [4.78, 5) is 40.3. The van der Waals surface area contributed by atoms with Gasteiger partial charge in [-0.05, 0) is 12.0 Å². The number of aliphatic carboxylic acids is 1. The van der Waals surface area contributed by atoms with Gasteiger partial charge >= 0.3 is 12.1 Å². The molecule has 1 aromatic carbocycles. The third kappa shape index (κ3) is 7.46. The van der Waals surface area contributed by atoms with Crippen LogP contribution in [-0.4, -0.2) is 59.9 Å². The van der Waals surface area contributed by atoms with Gasteiger partial charge in [0.05, 0.1) is 18.7 Å². The number of nitrogens with one attached hydrogen (secondary N) is 3. The van der Waals surface area contributed by atoms with E-state index in [1.165, 1.54) is 0 Å². The average Bonchev–Trinajstić information content (AvgIpc) is 3.19. The van der Waals surface area contributed by atoms with E-state index < -0.39 is 30.1 Å². The topological polar surface area (TPSA) is 176 Å². The molecule has 0 aromatic heterocycles. The van der Waals surface area contributed by atoms with Crippen molar-refractivity contribution in [2.75, 3.05) is 13.2 Å². The second-order valence-electron chi connectivity index (χ2n) is 6.72. The number of hydrogen-bond acceptors (Lipinski definition) is 7. The molecule has 1 aliphatic rings. The molecule has 2 atom stereocenters. The van der Waals surface area contributed by atoms with E-state index in [0.717, 1.165) is 5.56 Å². The minimum atomic E-state index is -1.34. The maximum Gasteiger partial charge on any atom is 0.407 e. The first-order valence-corrected chi connectivity index (χ1v) is 9.51. The van der Waals surface area contributed by atoms with Crippen LogP contribution in [0.2, 0.25) is 0 Å². The molecule has 0 fully saturated rings. The Hall–Kier alpha value is -3.89. The maximum absolute atomic E-state index is 12.2. The number of carboxylic acids is 1. The minimum absolute atomic E-state index is 0.0331. The minimum Gasteiger partial charge on any atom is -0.480 e. The van der Waals surface area contributed by atoms with Gasteiger partial charge in [0.1, 0.15) is 18.0 Å². The first-order valence-electron chi connectivity index (χ1n) is 9.51. The third-order valence-electron chi connectivity index (χ3n) is 4.32. The predicted octanol–water partition coefficient (Wildman–Crippen LogP) is 0.725. The zero-order valence-electron chi connectivity index (χ0n) is 16.8. The Bertz CT molecular complexity index is 867. The van der Waals surface area contributed by atoms with Gasteiger partial charge < -0.3 is 31.0 Å². The van der Waals surface area contributed by atoms with Crippen LogP contribution in [0.15, 0.2) is 42.1 Å². The summed E-state index contributed by atoms with van der Waals surface area (Å²) in [6, 6.07) is 5.58. The number of ether oxygens (including phenoxy) is 1. The van der Waals surface area contributed by atoms with Gasteiger partial charge in [0.25, 0.3) is 0 Å². The van der Waals surface area contributed by atoms with Gasteiger partial charge in [0, 0.05) is 18.5 Å². The number of carboxylic acid groups (broad SMARTS) is 1. The molecule has 2 rings (SSSR count). The number of carbonyl (C=O) groups is 3. The lowest BCUT2D eigenvalue weighted by Gasteiger charge is -2.16. The molecule has 166 valence electrons. The Kier molecular flexibility index (Phi) is 8.55. The summed E-state index contributed by atoms with van der Waals surface area (Å²) in [6.07, 6.45) is 0.967. The van der Waals surface area contributed by atoms with Crippen LogP contribution in [-0.2, 0) is 19.2 Å². The Morgan fingerprint density at radius 1 is 1.39 bits per heavy atom. The average molecular weight is 431 g/mol. The first-order chi connectivity index (χ1) is 14.8. The molecule has 0 spiro atoms. The second kappa shape index (κ2) is 11.3. The summed E-state index contributed by atoms with van der Waals surface area (Å²) >= 11 is 0. The van der Waals surface area contributed by atoms with E-state index in [1.807, 2.05) is 0 Å². The molecule has 1 unspecified atom stereocenters. The Balaban J connectivity index is 1.77. The van der Waals surface area contributed by atoms with Crippen LogP contribution in [0, 0.1) is 5.41 Å². The highest BCUT2D eigenvalue weighted by Crippen LogP contribution is 2.19. The Labute approximate surface area is 178 Å². The SMILES string of the molecule is C=CCCOC(=O)N[C@@H](CNC(=O)CC1CC(c2ccc(C(=N)N)cc2)=NO1)C(=O)O. The lowest BCUT2D eigenvalue weighted by atomic mass is 10.0. The highest BCUT2D eigenvalue weighted by atomic mass is 16.6. The molecule has 0 saturated heterocycles. The summed E-state index contributed by atoms with van der Waals surface area (Å²) in [5.74, 6) is -1.79. The third-order valence-corrected chi connectivity index (χ3v) is 4.32. The molecular formula is C20H25N5O6. The number of hydrogen-bond donors (Lipinski definition) is 5. The van der Waals surface area contributed by atoms with Crippen LogP contribution in [0.5, 0.6) is 0 Å². The number of carbonyl (C=O) groups excluding carboxylic acids is 2. The van der Waals surface area contributed by atoms with Crippen LogP contribution in [0.3, 0.4) is 0 Å². The van der Waals surface area contributed by atoms with Crippen LogP contribution in [0.4, 0.5) is 4.79 Å². The van der Waals surface area contributed by atoms with Gasteiger partial charge in [0.2, 0.25) is 5.91 Å². The molecule has 0 saturated carbocycles. The number of amidine groups is 1. The lowest BCUT2D eigenvalue weighted by Crippen LogP contribution is -2.48. The molecule has 0 radical (unpaired) electrons. The van der Waals surface area contributed by atoms with Crippen molar-refractivity contribution < 1.29 is 29.1 Å². The molecule has 31 heavy (non-hydrogen) atoms. The smallest absolute Gasteiger partial charge is 0.407 e. The van der Waals surface area contributed by atoms with Gasteiger partial charge in [-0.15, -0.1) is 6.58 Å². The van der Waals surface area contributed by atoms with Crippen molar-refractivity contribution in [3.8, 4) is 0 Å². The normalized spacial score (nSPS) is 15.7. The highest BCUT2D eigenvalue weighted by Gasteiger charge is 2.26. The largest absolute Gasteiger partial charge is 0.480 e. The zero-order chi connectivity index (χ0) is 22.8. The van der Waals surface area contributed by atoms with E-state index in [2.05, 4.69) is 22.4 Å². The number of nitrogens with two attached hydrogens (primary N) is 1. The molecule has 0 bridgehead atoms. The Morgan fingerprint density at radius 3 is 2.71 bits per heavy atom. The van der Waals surface area contributed by atoms with Gasteiger partial charge in [0.15, 0.2) is 0 Å². The van der Waals surface area contributed by atoms with E-state index in [1.54, 1.807) is 30.3 Å². The standard InChI is InChI=1S/C20H25N5O6/c1-2-3-8-30-20(29)24-16(19(27)28)11-23-17(26)10-14-9-15(25-31-14)12-4-6-13(7-5-12)18(21)22/h2,4-7,14,16H,1,3,8-11H2,(H3,21,22)(H,23,26)(H,24,29)(H,27,28)/t14?,16-/m0/s1. The molecule has 1 aliphatic heterocycles. The van der Waals surface area contributed by atoms with Gasteiger partial charge in [-0.3, -0.25) is 10.2 Å². The molecule has 1 aromatic rings. The van der Waals surface area contributed by atoms with Crippen LogP contribution in [0.25, 0.3) is 0 Å². The van der Waals surface area contributed by atoms with Crippen LogP contribution < -0.4 is 16.4 Å². The van der Waals surface area contributed by atoms with E-state index >= 15 is 0 Å². The molecule has 11 heteroatoms. The summed E-state index contributed by atoms with van der Waals surface area (Å²) in [7, 11) is 0. The van der Waals surface area contributed by atoms with E-state index in [-0.39, 0.29) is 25.4 Å². The van der Waals surface area contributed by atoms with Crippen LogP contribution in [0.1, 0.15) is 30.4 Å². The summed E-state index contributed by atoms with van der Waals surface area (Å²) in [5, 5.41) is 25.2. The number of nitrogen functional groups attached to an aromatic ring is 1. The number of rotatable bonds is 11. The Morgan fingerprint density at radius 2 is 2.10 bits per heavy atom. The molecule has 11 nitrogen and oxygen atoms in total. The second-order valence-corrected chi connectivity index (χ2v) is 6.72. The number of alkyl carbamates (subject to hydrolysis) is 1. The first kappa shape index (κ1) is 23.4. The summed E-state index contributed by atoms with van der Waals surface area (Å²) in [6.45, 7) is 3.25. The van der Waals surface area contributed by atoms with E-state index in [4.69, 9.17) is 20.7 Å². The molecule has 1 heterocycles. The fraction of sp³-hybridized carbons (Fsp3) is 0.350. The molecular weight excluding hydrogens is 406 g/mol. The predicted molar refractivity (Wildman–Crippen MR) is 112 cm³/mol. The lowest BCUT2D eigenvalue weighted by molar-refractivity contribution is -0.139. The van der Waals surface area contributed by atoms with Crippen molar-refractivity contribution in [1.82, 2.24) is 10.6 Å². The number of oxime groups is 1. The molecule has 6 N–H and O–H groups in total. The number of nitrogens with zero attached hydrogens (tertiary/aromatic N) is 1. The van der Waals surface area contributed by atoms with Crippen molar-refractivity contribution in [2.24, 2.45) is 10.9 Å². The van der Waals surface area contributed by atoms with Crippen molar-refractivity contribution in [2.45, 2.75) is 31.4 Å². The van der Waals surface area contributed by atoms with Gasteiger partial charge in [-0.25, -0.2) is 9.59 Å². The molecule has 0 aliphatic carbocycles.